The number of benzene rings is 1. The van der Waals surface area contributed by atoms with Crippen molar-refractivity contribution in [3.63, 3.8) is 0 Å². The second-order valence-corrected chi connectivity index (χ2v) is 7.88. The van der Waals surface area contributed by atoms with E-state index in [4.69, 9.17) is 20.6 Å². The van der Waals surface area contributed by atoms with Crippen molar-refractivity contribution in [2.45, 2.75) is 46.6 Å². The summed E-state index contributed by atoms with van der Waals surface area (Å²) in [4.78, 5) is 33.6. The first-order valence-electron chi connectivity index (χ1n) is 10.9. The molecule has 0 saturated carbocycles. The zero-order valence-corrected chi connectivity index (χ0v) is 18.6. The van der Waals surface area contributed by atoms with Crippen molar-refractivity contribution in [2.24, 2.45) is 11.7 Å². The van der Waals surface area contributed by atoms with Crippen LogP contribution in [0.1, 0.15) is 45.6 Å². The van der Waals surface area contributed by atoms with E-state index in [2.05, 4.69) is 9.97 Å². The molecule has 0 unspecified atom stereocenters. The molecule has 0 bridgehead atoms. The summed E-state index contributed by atoms with van der Waals surface area (Å²) in [7, 11) is 0. The highest BCUT2D eigenvalue weighted by molar-refractivity contribution is 5.94. The fourth-order valence-corrected chi connectivity index (χ4v) is 3.57. The Labute approximate surface area is 199 Å². The number of aromatic nitrogens is 2. The zero-order valence-electron chi connectivity index (χ0n) is 18.6. The molecule has 2 aromatic rings. The Bertz CT molecular complexity index is 991. The first-order valence-corrected chi connectivity index (χ1v) is 10.9. The van der Waals surface area contributed by atoms with Crippen molar-refractivity contribution in [1.29, 1.82) is 5.41 Å². The Balaban J connectivity index is 0.00000408. The summed E-state index contributed by atoms with van der Waals surface area (Å²) in [5.74, 6) is -1.04. The molecule has 1 fully saturated rings. The predicted molar refractivity (Wildman–Crippen MR) is 126 cm³/mol. The van der Waals surface area contributed by atoms with Crippen LogP contribution in [0, 0.1) is 17.1 Å². The number of hydrogen-bond acceptors (Lipinski definition) is 7. The van der Waals surface area contributed by atoms with Crippen molar-refractivity contribution < 1.29 is 23.5 Å². The Hall–Kier alpha value is -3.56. The number of rotatable bonds is 9. The van der Waals surface area contributed by atoms with Crippen molar-refractivity contribution in [3.05, 3.63) is 42.0 Å². The Morgan fingerprint density at radius 2 is 1.91 bits per heavy atom. The molecule has 9 nitrogen and oxygen atoms in total. The standard InChI is InChI=1S/C23H28FN5O4.CH4/c1-2-20(30)29-8-6-15(7-9-29)13-33-23-27-11-17(12-28-23)18-5-3-4-16(22(18)24)14-32-21(31)10-19(25)26;/h3-5,11-12,15H,2,6-10,13-14H2,1H3,(H3,25,26);1H4. The van der Waals surface area contributed by atoms with Crippen LogP contribution in [0.5, 0.6) is 6.01 Å². The molecule has 0 spiro atoms. The van der Waals surface area contributed by atoms with Gasteiger partial charge in [0.2, 0.25) is 5.91 Å². The quantitative estimate of drug-likeness (QED) is 0.324. The van der Waals surface area contributed by atoms with E-state index in [1.807, 2.05) is 11.8 Å². The van der Waals surface area contributed by atoms with Crippen LogP contribution in [0.2, 0.25) is 0 Å². The molecule has 10 heteroatoms. The van der Waals surface area contributed by atoms with E-state index in [0.717, 1.165) is 25.9 Å². The normalized spacial score (nSPS) is 13.6. The monoisotopic (exact) mass is 473 g/mol. The third-order valence-corrected chi connectivity index (χ3v) is 5.46. The number of hydrogen-bond donors (Lipinski definition) is 2. The van der Waals surface area contributed by atoms with Gasteiger partial charge in [-0.1, -0.05) is 32.5 Å². The lowest BCUT2D eigenvalue weighted by atomic mass is 9.97. The number of nitrogens with one attached hydrogen (secondary N) is 1. The Morgan fingerprint density at radius 1 is 1.24 bits per heavy atom. The average molecular weight is 474 g/mol. The van der Waals surface area contributed by atoms with Gasteiger partial charge in [-0.05, 0) is 18.8 Å². The van der Waals surface area contributed by atoms with E-state index < -0.39 is 11.8 Å². The third-order valence-electron chi connectivity index (χ3n) is 5.46. The van der Waals surface area contributed by atoms with Crippen LogP contribution in [0.3, 0.4) is 0 Å². The number of nitrogens with zero attached hydrogens (tertiary/aromatic N) is 3. The second-order valence-electron chi connectivity index (χ2n) is 7.88. The first-order chi connectivity index (χ1) is 15.9. The number of carbonyl (C=O) groups is 2. The van der Waals surface area contributed by atoms with E-state index in [1.54, 1.807) is 12.1 Å². The summed E-state index contributed by atoms with van der Waals surface area (Å²) < 4.78 is 25.6. The Kier molecular flexibility index (Phi) is 9.91. The highest BCUT2D eigenvalue weighted by atomic mass is 19.1. The lowest BCUT2D eigenvalue weighted by Gasteiger charge is -2.31. The van der Waals surface area contributed by atoms with Gasteiger partial charge >= 0.3 is 12.0 Å². The number of nitrogens with two attached hydrogens (primary N) is 1. The number of likely N-dealkylation sites (tertiary alicyclic amines) is 1. The number of piperidine rings is 1. The van der Waals surface area contributed by atoms with Gasteiger partial charge in [-0.3, -0.25) is 15.0 Å². The van der Waals surface area contributed by atoms with E-state index in [-0.39, 0.29) is 49.3 Å². The first kappa shape index (κ1) is 26.7. The van der Waals surface area contributed by atoms with Crippen LogP contribution < -0.4 is 10.5 Å². The number of amides is 1. The van der Waals surface area contributed by atoms with E-state index in [1.165, 1.54) is 18.5 Å². The fraction of sp³-hybridized carbons (Fsp3) is 0.458. The van der Waals surface area contributed by atoms with Crippen molar-refractivity contribution in [1.82, 2.24) is 14.9 Å². The van der Waals surface area contributed by atoms with Gasteiger partial charge in [0, 0.05) is 48.6 Å². The molecule has 184 valence electrons. The van der Waals surface area contributed by atoms with E-state index in [9.17, 15) is 14.0 Å². The molecule has 1 saturated heterocycles. The lowest BCUT2D eigenvalue weighted by molar-refractivity contribution is -0.143. The van der Waals surface area contributed by atoms with E-state index >= 15 is 0 Å². The van der Waals surface area contributed by atoms with Gasteiger partial charge < -0.3 is 20.1 Å². The molecular formula is C24H32FN5O4. The van der Waals surface area contributed by atoms with Crippen LogP contribution in [0.4, 0.5) is 4.39 Å². The average Bonchev–Trinajstić information content (AvgIpc) is 2.82. The van der Waals surface area contributed by atoms with Crippen LogP contribution in [0.15, 0.2) is 30.6 Å². The molecule has 34 heavy (non-hydrogen) atoms. The minimum Gasteiger partial charge on any atom is -0.463 e. The van der Waals surface area contributed by atoms with Crippen LogP contribution in [-0.4, -0.2) is 52.3 Å². The van der Waals surface area contributed by atoms with Crippen molar-refractivity contribution >= 4 is 17.7 Å². The highest BCUT2D eigenvalue weighted by Gasteiger charge is 2.22. The summed E-state index contributed by atoms with van der Waals surface area (Å²) in [6.07, 6.45) is 4.89. The van der Waals surface area contributed by atoms with Gasteiger partial charge in [-0.2, -0.15) is 0 Å². The Morgan fingerprint density at radius 3 is 2.53 bits per heavy atom. The SMILES string of the molecule is C.CCC(=O)N1CCC(COc2ncc(-c3cccc(COC(=O)CC(=N)N)c3F)cn2)CC1. The summed E-state index contributed by atoms with van der Waals surface area (Å²) in [5.41, 5.74) is 6.09. The second kappa shape index (κ2) is 12.6. The molecule has 3 rings (SSSR count). The van der Waals surface area contributed by atoms with Gasteiger partial charge in [0.25, 0.3) is 0 Å². The largest absolute Gasteiger partial charge is 0.463 e. The summed E-state index contributed by atoms with van der Waals surface area (Å²) >= 11 is 0. The minimum absolute atomic E-state index is 0. The summed E-state index contributed by atoms with van der Waals surface area (Å²) in [6, 6.07) is 4.95. The van der Waals surface area contributed by atoms with Crippen LogP contribution in [0.25, 0.3) is 11.1 Å². The number of ether oxygens (including phenoxy) is 2. The highest BCUT2D eigenvalue weighted by Crippen LogP contribution is 2.25. The van der Waals surface area contributed by atoms with Crippen molar-refractivity contribution in [3.8, 4) is 17.1 Å². The molecule has 0 radical (unpaired) electrons. The van der Waals surface area contributed by atoms with Gasteiger partial charge in [0.05, 0.1) is 6.61 Å². The molecule has 1 aliphatic rings. The molecule has 1 aromatic heterocycles. The molecule has 1 amide bonds. The fourth-order valence-electron chi connectivity index (χ4n) is 3.57. The molecular weight excluding hydrogens is 441 g/mol. The maximum Gasteiger partial charge on any atom is 0.316 e. The van der Waals surface area contributed by atoms with Gasteiger partial charge in [0.1, 0.15) is 24.7 Å². The maximum absolute atomic E-state index is 14.9. The molecule has 1 aliphatic heterocycles. The molecule has 1 aromatic carbocycles. The van der Waals surface area contributed by atoms with Crippen molar-refractivity contribution in [2.75, 3.05) is 19.7 Å². The number of halogens is 1. The number of esters is 1. The summed E-state index contributed by atoms with van der Waals surface area (Å²) in [6.45, 7) is 3.53. The van der Waals surface area contributed by atoms with Gasteiger partial charge in [0.15, 0.2) is 0 Å². The number of carbonyl (C=O) groups excluding carboxylic acids is 2. The van der Waals surface area contributed by atoms with Crippen LogP contribution in [-0.2, 0) is 20.9 Å². The smallest absolute Gasteiger partial charge is 0.316 e. The predicted octanol–water partition coefficient (Wildman–Crippen LogP) is 3.32. The zero-order chi connectivity index (χ0) is 23.8. The van der Waals surface area contributed by atoms with Gasteiger partial charge in [-0.15, -0.1) is 0 Å². The number of amidine groups is 1. The lowest BCUT2D eigenvalue weighted by Crippen LogP contribution is -2.39. The molecule has 0 atom stereocenters. The summed E-state index contributed by atoms with van der Waals surface area (Å²) in [5, 5.41) is 7.10. The molecule has 0 aliphatic carbocycles. The molecule has 3 N–H and O–H groups in total. The topological polar surface area (TPSA) is 131 Å². The van der Waals surface area contributed by atoms with E-state index in [0.29, 0.717) is 24.5 Å². The van der Waals surface area contributed by atoms with Gasteiger partial charge in [-0.25, -0.2) is 14.4 Å². The van der Waals surface area contributed by atoms with Crippen LogP contribution >= 0.6 is 0 Å². The maximum atomic E-state index is 14.9. The minimum atomic E-state index is -0.695. The third kappa shape index (κ3) is 7.23. The molecule has 2 heterocycles.